The maximum absolute atomic E-state index is 13.0. The summed E-state index contributed by atoms with van der Waals surface area (Å²) in [5, 5.41) is 15.5. The van der Waals surface area contributed by atoms with E-state index in [2.05, 4.69) is 44.1 Å². The smallest absolute Gasteiger partial charge is 0.331 e. The van der Waals surface area contributed by atoms with E-state index < -0.39 is 24.0 Å². The molecule has 0 radical (unpaired) electrons. The van der Waals surface area contributed by atoms with Crippen LogP contribution in [0.15, 0.2) is 36.7 Å². The Kier molecular flexibility index (Phi) is 8.58. The summed E-state index contributed by atoms with van der Waals surface area (Å²) < 4.78 is 4.60. The molecule has 1 fully saturated rings. The second-order valence-corrected chi connectivity index (χ2v) is 8.60. The number of esters is 1. The lowest BCUT2D eigenvalue weighted by atomic mass is 10.1. The van der Waals surface area contributed by atoms with Crippen molar-refractivity contribution in [1.82, 2.24) is 20.2 Å². The number of amides is 2. The lowest BCUT2D eigenvalue weighted by molar-refractivity contribution is -0.145. The summed E-state index contributed by atoms with van der Waals surface area (Å²) in [5.74, 6) is -0.730. The van der Waals surface area contributed by atoms with Crippen molar-refractivity contribution >= 4 is 29.3 Å². The van der Waals surface area contributed by atoms with E-state index in [9.17, 15) is 19.5 Å². The Labute approximate surface area is 204 Å². The second kappa shape index (κ2) is 11.6. The number of methoxy groups -OCH3 is 1. The Morgan fingerprint density at radius 1 is 1.06 bits per heavy atom. The van der Waals surface area contributed by atoms with E-state index >= 15 is 0 Å². The van der Waals surface area contributed by atoms with Crippen molar-refractivity contribution in [2.75, 3.05) is 43.5 Å². The summed E-state index contributed by atoms with van der Waals surface area (Å²) >= 11 is 0. The molecule has 1 aliphatic heterocycles. The molecule has 2 atom stereocenters. The fourth-order valence-corrected chi connectivity index (χ4v) is 3.74. The summed E-state index contributed by atoms with van der Waals surface area (Å²) in [6, 6.07) is 5.89. The number of aliphatic hydroxyl groups excluding tert-OH is 1. The van der Waals surface area contributed by atoms with Gasteiger partial charge in [-0.25, -0.2) is 9.78 Å². The van der Waals surface area contributed by atoms with Crippen molar-refractivity contribution in [3.05, 3.63) is 47.9 Å². The van der Waals surface area contributed by atoms with Crippen molar-refractivity contribution in [1.29, 1.82) is 0 Å². The molecule has 0 unspecified atom stereocenters. The number of aliphatic hydroxyl groups is 1. The lowest BCUT2D eigenvalue weighted by Gasteiger charge is -2.36. The molecule has 11 nitrogen and oxygen atoms in total. The first kappa shape index (κ1) is 25.9. The highest BCUT2D eigenvalue weighted by Gasteiger charge is 2.28. The fourth-order valence-electron chi connectivity index (χ4n) is 3.74. The van der Waals surface area contributed by atoms with E-state index in [1.807, 2.05) is 12.1 Å². The number of hydrogen-bond donors (Lipinski definition) is 3. The number of ether oxygens (including phenoxy) is 1. The third-order valence-electron chi connectivity index (χ3n) is 5.57. The van der Waals surface area contributed by atoms with Crippen LogP contribution in [-0.2, 0) is 9.53 Å². The minimum atomic E-state index is -1.21. The van der Waals surface area contributed by atoms with E-state index in [1.54, 1.807) is 11.1 Å². The number of nitrogens with one attached hydrogen (secondary N) is 2. The molecular formula is C24H32N6O5. The molecule has 0 aromatic carbocycles. The predicted octanol–water partition coefficient (Wildman–Crippen LogP) is 0.912. The number of carbonyl (C=O) groups is 3. The fraction of sp³-hybridized carbons (Fsp3) is 0.458. The van der Waals surface area contributed by atoms with Crippen LogP contribution >= 0.6 is 0 Å². The van der Waals surface area contributed by atoms with E-state index in [1.165, 1.54) is 32.4 Å². The van der Waals surface area contributed by atoms with Crippen LogP contribution in [-0.4, -0.2) is 89.2 Å². The van der Waals surface area contributed by atoms with Gasteiger partial charge in [-0.15, -0.1) is 0 Å². The maximum Gasteiger partial charge on any atom is 0.331 e. The van der Waals surface area contributed by atoms with Gasteiger partial charge in [0.1, 0.15) is 5.69 Å². The highest BCUT2D eigenvalue weighted by Crippen LogP contribution is 2.24. The molecule has 3 N–H and O–H groups in total. The number of hydrogen-bond acceptors (Lipinski definition) is 9. The molecule has 3 rings (SSSR count). The third-order valence-corrected chi connectivity index (χ3v) is 5.57. The summed E-state index contributed by atoms with van der Waals surface area (Å²) in [7, 11) is 1.17. The molecule has 0 saturated carbocycles. The van der Waals surface area contributed by atoms with Gasteiger partial charge in [-0.2, -0.15) is 0 Å². The number of aromatic nitrogens is 2. The summed E-state index contributed by atoms with van der Waals surface area (Å²) in [6.45, 7) is 7.79. The first-order valence-electron chi connectivity index (χ1n) is 11.5. The molecule has 1 saturated heterocycles. The Morgan fingerprint density at radius 2 is 1.77 bits per heavy atom. The average Bonchev–Trinajstić information content (AvgIpc) is 2.86. The lowest BCUT2D eigenvalue weighted by Crippen LogP contribution is -2.49. The number of anilines is 2. The molecule has 11 heteroatoms. The summed E-state index contributed by atoms with van der Waals surface area (Å²) in [6.07, 6.45) is 1.89. The van der Waals surface area contributed by atoms with Gasteiger partial charge in [0, 0.05) is 44.6 Å². The average molecular weight is 485 g/mol. The standard InChI is InChI=1S/C24H32N6O5/c1-15(2)27-18-6-5-9-25-21(18)29-10-12-30(13-11-29)23(33)19-8-7-17(14-26-19)22(32)28-20(16(3)31)24(34)35-4/h5-9,14-16,20,27,31H,10-13H2,1-4H3,(H,28,32)/t16-,20+/m1/s1. The minimum Gasteiger partial charge on any atom is -0.467 e. The van der Waals surface area contributed by atoms with Gasteiger partial charge >= 0.3 is 5.97 Å². The molecule has 3 heterocycles. The van der Waals surface area contributed by atoms with Crippen LogP contribution in [0.25, 0.3) is 0 Å². The minimum absolute atomic E-state index is 0.154. The quantitative estimate of drug-likeness (QED) is 0.467. The Morgan fingerprint density at radius 3 is 2.34 bits per heavy atom. The summed E-state index contributed by atoms with van der Waals surface area (Å²) in [4.78, 5) is 49.7. The van der Waals surface area contributed by atoms with Crippen molar-refractivity contribution in [2.45, 2.75) is 39.0 Å². The van der Waals surface area contributed by atoms with Gasteiger partial charge in [-0.1, -0.05) is 0 Å². The highest BCUT2D eigenvalue weighted by molar-refractivity contribution is 5.98. The molecular weight excluding hydrogens is 452 g/mol. The first-order valence-corrected chi connectivity index (χ1v) is 11.5. The van der Waals surface area contributed by atoms with Crippen molar-refractivity contribution in [3.8, 4) is 0 Å². The van der Waals surface area contributed by atoms with Crippen molar-refractivity contribution in [3.63, 3.8) is 0 Å². The van der Waals surface area contributed by atoms with Gasteiger partial charge in [-0.05, 0) is 45.0 Å². The van der Waals surface area contributed by atoms with Crippen molar-refractivity contribution < 1.29 is 24.2 Å². The zero-order valence-corrected chi connectivity index (χ0v) is 20.4. The van der Waals surface area contributed by atoms with Gasteiger partial charge in [0.25, 0.3) is 11.8 Å². The summed E-state index contributed by atoms with van der Waals surface area (Å²) in [5.41, 5.74) is 1.33. The van der Waals surface area contributed by atoms with E-state index in [0.29, 0.717) is 26.2 Å². The van der Waals surface area contributed by atoms with E-state index in [-0.39, 0.29) is 23.2 Å². The van der Waals surface area contributed by atoms with Crippen LogP contribution in [0.1, 0.15) is 41.6 Å². The molecule has 0 bridgehead atoms. The van der Waals surface area contributed by atoms with Gasteiger partial charge in [-0.3, -0.25) is 14.6 Å². The SMILES string of the molecule is COC(=O)[C@@H](NC(=O)c1ccc(C(=O)N2CCN(c3ncccc3NC(C)C)CC2)nc1)[C@@H](C)O. The number of nitrogens with zero attached hydrogens (tertiary/aromatic N) is 4. The maximum atomic E-state index is 13.0. The van der Waals surface area contributed by atoms with Gasteiger partial charge in [0.2, 0.25) is 0 Å². The normalized spacial score (nSPS) is 15.4. The Balaban J connectivity index is 1.60. The zero-order valence-electron chi connectivity index (χ0n) is 20.4. The van der Waals surface area contributed by atoms with Crippen LogP contribution in [0, 0.1) is 0 Å². The van der Waals surface area contributed by atoms with Crippen LogP contribution in [0.2, 0.25) is 0 Å². The number of carbonyl (C=O) groups excluding carboxylic acids is 3. The van der Waals surface area contributed by atoms with E-state index in [0.717, 1.165) is 11.5 Å². The van der Waals surface area contributed by atoms with Crippen LogP contribution < -0.4 is 15.5 Å². The number of piperazine rings is 1. The number of rotatable bonds is 8. The highest BCUT2D eigenvalue weighted by atomic mass is 16.5. The molecule has 35 heavy (non-hydrogen) atoms. The predicted molar refractivity (Wildman–Crippen MR) is 130 cm³/mol. The van der Waals surface area contributed by atoms with Crippen LogP contribution in [0.5, 0.6) is 0 Å². The molecule has 188 valence electrons. The van der Waals surface area contributed by atoms with Gasteiger partial charge < -0.3 is 30.3 Å². The van der Waals surface area contributed by atoms with Crippen LogP contribution in [0.3, 0.4) is 0 Å². The van der Waals surface area contributed by atoms with Crippen LogP contribution in [0.4, 0.5) is 11.5 Å². The van der Waals surface area contributed by atoms with Gasteiger partial charge in [0.15, 0.2) is 11.9 Å². The third kappa shape index (κ3) is 6.44. The largest absolute Gasteiger partial charge is 0.467 e. The molecule has 2 amide bonds. The molecule has 0 aliphatic carbocycles. The monoisotopic (exact) mass is 484 g/mol. The van der Waals surface area contributed by atoms with E-state index in [4.69, 9.17) is 0 Å². The second-order valence-electron chi connectivity index (χ2n) is 8.60. The molecule has 2 aromatic heterocycles. The molecule has 2 aromatic rings. The molecule has 1 aliphatic rings. The topological polar surface area (TPSA) is 137 Å². The molecule has 0 spiro atoms. The van der Waals surface area contributed by atoms with Gasteiger partial charge in [0.05, 0.1) is 24.5 Å². The Hall–Kier alpha value is -3.73. The zero-order chi connectivity index (χ0) is 25.5. The Bertz CT molecular complexity index is 1030. The first-order chi connectivity index (χ1) is 16.7. The number of pyridine rings is 2. The van der Waals surface area contributed by atoms with Crippen molar-refractivity contribution in [2.24, 2.45) is 0 Å².